The molecule has 1 saturated carbocycles. The molecule has 0 saturated heterocycles. The van der Waals surface area contributed by atoms with Gasteiger partial charge in [-0.15, -0.1) is 0 Å². The summed E-state index contributed by atoms with van der Waals surface area (Å²) < 4.78 is 1.95. The van der Waals surface area contributed by atoms with Gasteiger partial charge in [0.25, 0.3) is 0 Å². The molecular weight excluding hydrogens is 216 g/mol. The standard InChI is InChI=1S/C12H20N4O/c17-12(15-11-4-2-1-3-5-11)14-7-9-16-8-6-13-10-16/h6,8,10-11H,1-5,7,9H2,(H2,14,15,17). The van der Waals surface area contributed by atoms with E-state index in [9.17, 15) is 4.79 Å². The van der Waals surface area contributed by atoms with E-state index in [1.807, 2.05) is 10.8 Å². The van der Waals surface area contributed by atoms with Gasteiger partial charge in [-0.05, 0) is 12.8 Å². The molecule has 2 rings (SSSR count). The topological polar surface area (TPSA) is 59.0 Å². The Labute approximate surface area is 102 Å². The molecule has 17 heavy (non-hydrogen) atoms. The zero-order valence-electron chi connectivity index (χ0n) is 10.1. The van der Waals surface area contributed by atoms with Gasteiger partial charge in [0.15, 0.2) is 0 Å². The maximum absolute atomic E-state index is 11.6. The number of carbonyl (C=O) groups excluding carboxylic acids is 1. The van der Waals surface area contributed by atoms with Gasteiger partial charge in [0.1, 0.15) is 0 Å². The van der Waals surface area contributed by atoms with E-state index in [1.165, 1.54) is 19.3 Å². The van der Waals surface area contributed by atoms with Gasteiger partial charge < -0.3 is 15.2 Å². The van der Waals surface area contributed by atoms with E-state index in [2.05, 4.69) is 15.6 Å². The van der Waals surface area contributed by atoms with E-state index in [4.69, 9.17) is 0 Å². The summed E-state index contributed by atoms with van der Waals surface area (Å²) in [6, 6.07) is 0.328. The smallest absolute Gasteiger partial charge is 0.315 e. The number of rotatable bonds is 4. The highest BCUT2D eigenvalue weighted by atomic mass is 16.2. The van der Waals surface area contributed by atoms with Crippen molar-refractivity contribution in [1.82, 2.24) is 20.2 Å². The Hall–Kier alpha value is -1.52. The second-order valence-corrected chi connectivity index (χ2v) is 4.54. The van der Waals surface area contributed by atoms with Gasteiger partial charge in [-0.3, -0.25) is 0 Å². The summed E-state index contributed by atoms with van der Waals surface area (Å²) in [4.78, 5) is 15.5. The largest absolute Gasteiger partial charge is 0.336 e. The van der Waals surface area contributed by atoms with Crippen LogP contribution in [0.1, 0.15) is 32.1 Å². The van der Waals surface area contributed by atoms with Crippen molar-refractivity contribution >= 4 is 6.03 Å². The van der Waals surface area contributed by atoms with Crippen molar-refractivity contribution in [3.63, 3.8) is 0 Å². The summed E-state index contributed by atoms with van der Waals surface area (Å²) in [6.45, 7) is 1.40. The molecule has 5 heteroatoms. The van der Waals surface area contributed by atoms with E-state index in [1.54, 1.807) is 12.5 Å². The number of amides is 2. The number of aromatic nitrogens is 2. The molecule has 1 aliphatic rings. The van der Waals surface area contributed by atoms with Crippen molar-refractivity contribution in [1.29, 1.82) is 0 Å². The summed E-state index contributed by atoms with van der Waals surface area (Å²) in [5.41, 5.74) is 0. The molecule has 2 amide bonds. The fraction of sp³-hybridized carbons (Fsp3) is 0.667. The summed E-state index contributed by atoms with van der Waals surface area (Å²) >= 11 is 0. The van der Waals surface area contributed by atoms with E-state index in [0.717, 1.165) is 19.4 Å². The fourth-order valence-corrected chi connectivity index (χ4v) is 2.20. The van der Waals surface area contributed by atoms with E-state index >= 15 is 0 Å². The van der Waals surface area contributed by atoms with Crippen LogP contribution in [0.15, 0.2) is 18.7 Å². The van der Waals surface area contributed by atoms with Gasteiger partial charge in [0.05, 0.1) is 6.33 Å². The van der Waals surface area contributed by atoms with Crippen LogP contribution >= 0.6 is 0 Å². The first-order chi connectivity index (χ1) is 8.34. The molecule has 0 unspecified atom stereocenters. The first-order valence-corrected chi connectivity index (χ1v) is 6.35. The lowest BCUT2D eigenvalue weighted by molar-refractivity contribution is 0.232. The van der Waals surface area contributed by atoms with E-state index in [0.29, 0.717) is 12.6 Å². The number of nitrogens with one attached hydrogen (secondary N) is 2. The molecule has 0 aromatic carbocycles. The fourth-order valence-electron chi connectivity index (χ4n) is 2.20. The second kappa shape index (κ2) is 6.27. The highest BCUT2D eigenvalue weighted by molar-refractivity contribution is 5.74. The highest BCUT2D eigenvalue weighted by Crippen LogP contribution is 2.16. The molecular formula is C12H20N4O. The van der Waals surface area contributed by atoms with Crippen molar-refractivity contribution < 1.29 is 4.79 Å². The van der Waals surface area contributed by atoms with Crippen molar-refractivity contribution in [2.75, 3.05) is 6.54 Å². The molecule has 1 heterocycles. The van der Waals surface area contributed by atoms with Crippen LogP contribution in [0.5, 0.6) is 0 Å². The van der Waals surface area contributed by atoms with Crippen LogP contribution in [-0.2, 0) is 6.54 Å². The monoisotopic (exact) mass is 236 g/mol. The third kappa shape index (κ3) is 4.09. The first-order valence-electron chi connectivity index (χ1n) is 6.35. The Morgan fingerprint density at radius 2 is 2.18 bits per heavy atom. The third-order valence-corrected chi connectivity index (χ3v) is 3.16. The minimum absolute atomic E-state index is 0.0444. The molecule has 1 fully saturated rings. The molecule has 1 aromatic rings. The Bertz CT molecular complexity index is 330. The summed E-state index contributed by atoms with van der Waals surface area (Å²) in [5.74, 6) is 0. The maximum atomic E-state index is 11.6. The molecule has 5 nitrogen and oxygen atoms in total. The van der Waals surface area contributed by atoms with E-state index < -0.39 is 0 Å². The van der Waals surface area contributed by atoms with Crippen molar-refractivity contribution in [3.8, 4) is 0 Å². The molecule has 0 atom stereocenters. The third-order valence-electron chi connectivity index (χ3n) is 3.16. The normalized spacial score (nSPS) is 16.7. The van der Waals surface area contributed by atoms with Crippen LogP contribution in [0.25, 0.3) is 0 Å². The summed E-state index contributed by atoms with van der Waals surface area (Å²) in [5, 5.41) is 5.89. The molecule has 1 aromatic heterocycles. The molecule has 0 radical (unpaired) electrons. The summed E-state index contributed by atoms with van der Waals surface area (Å²) in [6.07, 6.45) is 11.4. The predicted molar refractivity (Wildman–Crippen MR) is 65.6 cm³/mol. The van der Waals surface area contributed by atoms with Gasteiger partial charge in [-0.25, -0.2) is 9.78 Å². The number of hydrogen-bond donors (Lipinski definition) is 2. The van der Waals surface area contributed by atoms with Gasteiger partial charge in [0, 0.05) is 31.5 Å². The van der Waals surface area contributed by atoms with Gasteiger partial charge in [0.2, 0.25) is 0 Å². The lowest BCUT2D eigenvalue weighted by Gasteiger charge is -2.22. The maximum Gasteiger partial charge on any atom is 0.315 e. The number of urea groups is 1. The molecule has 0 spiro atoms. The van der Waals surface area contributed by atoms with Crippen LogP contribution in [0.2, 0.25) is 0 Å². The SMILES string of the molecule is O=C(NCCn1ccnc1)NC1CCCCC1. The van der Waals surface area contributed by atoms with Crippen molar-refractivity contribution in [3.05, 3.63) is 18.7 Å². The average molecular weight is 236 g/mol. The van der Waals surface area contributed by atoms with Crippen LogP contribution in [0.4, 0.5) is 4.79 Å². The van der Waals surface area contributed by atoms with Gasteiger partial charge >= 0.3 is 6.03 Å². The number of carbonyl (C=O) groups is 1. The minimum Gasteiger partial charge on any atom is -0.336 e. The summed E-state index contributed by atoms with van der Waals surface area (Å²) in [7, 11) is 0. The predicted octanol–water partition coefficient (Wildman–Crippen LogP) is 1.51. The molecule has 0 bridgehead atoms. The Kier molecular flexibility index (Phi) is 4.41. The van der Waals surface area contributed by atoms with Crippen molar-refractivity contribution in [2.24, 2.45) is 0 Å². The van der Waals surface area contributed by atoms with E-state index in [-0.39, 0.29) is 6.03 Å². The van der Waals surface area contributed by atoms with Gasteiger partial charge in [-0.1, -0.05) is 19.3 Å². The first kappa shape index (κ1) is 12.0. The Morgan fingerprint density at radius 3 is 2.88 bits per heavy atom. The quantitative estimate of drug-likeness (QED) is 0.832. The number of imidazole rings is 1. The molecule has 1 aliphatic carbocycles. The van der Waals surface area contributed by atoms with Gasteiger partial charge in [-0.2, -0.15) is 0 Å². The van der Waals surface area contributed by atoms with Crippen LogP contribution < -0.4 is 10.6 Å². The highest BCUT2D eigenvalue weighted by Gasteiger charge is 2.14. The number of nitrogens with zero attached hydrogens (tertiary/aromatic N) is 2. The second-order valence-electron chi connectivity index (χ2n) is 4.54. The van der Waals surface area contributed by atoms with Crippen molar-refractivity contribution in [2.45, 2.75) is 44.7 Å². The lowest BCUT2D eigenvalue weighted by atomic mass is 9.96. The Morgan fingerprint density at radius 1 is 1.35 bits per heavy atom. The lowest BCUT2D eigenvalue weighted by Crippen LogP contribution is -2.43. The molecule has 2 N–H and O–H groups in total. The molecule has 0 aliphatic heterocycles. The number of hydrogen-bond acceptors (Lipinski definition) is 2. The van der Waals surface area contributed by atoms with Crippen LogP contribution in [0.3, 0.4) is 0 Å². The zero-order valence-corrected chi connectivity index (χ0v) is 10.1. The van der Waals surface area contributed by atoms with Crippen LogP contribution in [0, 0.1) is 0 Å². The minimum atomic E-state index is -0.0444. The zero-order chi connectivity index (χ0) is 11.9. The average Bonchev–Trinajstić information content (AvgIpc) is 2.83. The molecule has 94 valence electrons. The Balaban J connectivity index is 1.60. The van der Waals surface area contributed by atoms with Crippen LogP contribution in [-0.4, -0.2) is 28.2 Å².